The second-order valence-electron chi connectivity index (χ2n) is 0.952. The first kappa shape index (κ1) is 2.78. The molecule has 0 saturated carbocycles. The van der Waals surface area contributed by atoms with Crippen LogP contribution in [0.1, 0.15) is 0 Å². The topological polar surface area (TPSA) is 52.0 Å². The summed E-state index contributed by atoms with van der Waals surface area (Å²) in [5.41, 5.74) is 10.3. The third kappa shape index (κ3) is 0.279. The lowest BCUT2D eigenvalue weighted by Gasteiger charge is -1.70. The van der Waals surface area contributed by atoms with Crippen LogP contribution in [0.4, 0.5) is 0 Å². The van der Waals surface area contributed by atoms with Crippen LogP contribution in [0.3, 0.4) is 0 Å². The fraction of sp³-hybridized carbons (Fsp3) is 0. The average molecular weight is 84.2 g/mol. The van der Waals surface area contributed by atoms with Gasteiger partial charge >= 0.3 is 0 Å². The minimum absolute atomic E-state index is 0.670. The Labute approximate surface area is 31.8 Å². The van der Waals surface area contributed by atoms with E-state index in [0.717, 1.165) is 10.6 Å². The van der Waals surface area contributed by atoms with Crippen molar-refractivity contribution < 1.29 is 0 Å². The van der Waals surface area contributed by atoms with E-state index < -0.39 is 0 Å². The summed E-state index contributed by atoms with van der Waals surface area (Å²) in [5.74, 6) is 0. The Morgan fingerprint density at radius 3 is 1.40 bits per heavy atom. The SMILES string of the molecule is NC1=[Si]=C1N. The maximum absolute atomic E-state index is 5.13. The van der Waals surface area contributed by atoms with Crippen LogP contribution in [0.15, 0.2) is 0 Å². The van der Waals surface area contributed by atoms with Crippen LogP contribution >= 0.6 is 0 Å². The van der Waals surface area contributed by atoms with Crippen LogP contribution in [0, 0.1) is 0 Å². The van der Waals surface area contributed by atoms with Crippen molar-refractivity contribution in [3.63, 3.8) is 0 Å². The molecule has 0 saturated heterocycles. The molecule has 0 unspecified atom stereocenters. The fourth-order valence-corrected chi connectivity index (χ4v) is 0.342. The summed E-state index contributed by atoms with van der Waals surface area (Å²) >= 11 is 0. The number of hydrogen-bond donors (Lipinski definition) is 2. The highest BCUT2D eigenvalue weighted by molar-refractivity contribution is 7.01. The molecule has 1 aliphatic heterocycles. The zero-order chi connectivity index (χ0) is 3.86. The van der Waals surface area contributed by atoms with E-state index in [1.807, 2.05) is 0 Å². The molecule has 0 radical (unpaired) electrons. The molecule has 0 spiro atoms. The van der Waals surface area contributed by atoms with E-state index in [-0.39, 0.29) is 0 Å². The van der Waals surface area contributed by atoms with Crippen molar-refractivity contribution >= 4 is 19.3 Å². The normalized spacial score (nSPS) is 16.8. The van der Waals surface area contributed by atoms with Crippen molar-refractivity contribution in [1.82, 2.24) is 0 Å². The standard InChI is InChI=1S/C2H4N2Si/c3-1-2(4)5-1/h3-4H2. The lowest BCUT2D eigenvalue weighted by molar-refractivity contribution is 1.81. The molecule has 2 nitrogen and oxygen atoms in total. The lowest BCUT2D eigenvalue weighted by atomic mass is 10.7. The predicted octanol–water partition coefficient (Wildman–Crippen LogP) is -2.12. The Bertz CT molecular complexity index is 108. The molecule has 1 rings (SSSR count). The van der Waals surface area contributed by atoms with E-state index in [9.17, 15) is 0 Å². The molecule has 26 valence electrons. The van der Waals surface area contributed by atoms with E-state index >= 15 is 0 Å². The van der Waals surface area contributed by atoms with Gasteiger partial charge in [-0.3, -0.25) is 0 Å². The Morgan fingerprint density at radius 2 is 1.40 bits per heavy atom. The molecule has 0 atom stereocenters. The molecular formula is C2H4N2Si. The Hall–Kier alpha value is -0.443. The van der Waals surface area contributed by atoms with Gasteiger partial charge in [-0.25, -0.2) is 0 Å². The summed E-state index contributed by atoms with van der Waals surface area (Å²) in [6, 6.07) is 0. The highest BCUT2D eigenvalue weighted by atomic mass is 28.2. The molecule has 0 bridgehead atoms. The zero-order valence-electron chi connectivity index (χ0n) is 2.65. The number of hydrogen-bond acceptors (Lipinski definition) is 2. The quantitative estimate of drug-likeness (QED) is 0.330. The van der Waals surface area contributed by atoms with Crippen molar-refractivity contribution in [2.45, 2.75) is 0 Å². The first-order chi connectivity index (χ1) is 2.30. The van der Waals surface area contributed by atoms with Gasteiger partial charge in [-0.1, -0.05) is 0 Å². The minimum atomic E-state index is 0.670. The fourth-order valence-electron chi connectivity index (χ4n) is 0.114. The first-order valence-electron chi connectivity index (χ1n) is 1.33. The van der Waals surface area contributed by atoms with Gasteiger partial charge in [0, 0.05) is 8.74 Å². The number of rotatable bonds is 0. The summed E-state index contributed by atoms with van der Waals surface area (Å²) in [6.07, 6.45) is 0. The Balaban J connectivity index is 2.59. The first-order valence-corrected chi connectivity index (χ1v) is 2.33. The van der Waals surface area contributed by atoms with Gasteiger partial charge in [-0.15, -0.1) is 0 Å². The maximum Gasteiger partial charge on any atom is 0.0706 e. The zero-order valence-corrected chi connectivity index (χ0v) is 3.65. The van der Waals surface area contributed by atoms with Crippen LogP contribution < -0.4 is 11.5 Å². The molecule has 0 aromatic rings. The highest BCUT2D eigenvalue weighted by Gasteiger charge is 2.00. The van der Waals surface area contributed by atoms with Gasteiger partial charge in [0.05, 0.1) is 10.6 Å². The van der Waals surface area contributed by atoms with Crippen molar-refractivity contribution in [2.75, 3.05) is 0 Å². The molecular weight excluding hydrogens is 80.1 g/mol. The summed E-state index contributed by atoms with van der Waals surface area (Å²) in [5, 5.41) is 1.79. The summed E-state index contributed by atoms with van der Waals surface area (Å²) in [4.78, 5) is 0. The van der Waals surface area contributed by atoms with Gasteiger partial charge in [0.25, 0.3) is 0 Å². The van der Waals surface area contributed by atoms with Crippen LogP contribution in [-0.2, 0) is 0 Å². The van der Waals surface area contributed by atoms with E-state index in [1.165, 1.54) is 0 Å². The van der Waals surface area contributed by atoms with E-state index in [4.69, 9.17) is 11.5 Å². The monoisotopic (exact) mass is 84.0 g/mol. The van der Waals surface area contributed by atoms with E-state index in [0.29, 0.717) is 8.74 Å². The van der Waals surface area contributed by atoms with Crippen LogP contribution in [0.25, 0.3) is 0 Å². The molecule has 5 heavy (non-hydrogen) atoms. The van der Waals surface area contributed by atoms with E-state index in [1.54, 1.807) is 0 Å². The Kier molecular flexibility index (Phi) is 0.300. The van der Waals surface area contributed by atoms with Gasteiger partial charge in [0.1, 0.15) is 0 Å². The summed E-state index contributed by atoms with van der Waals surface area (Å²) in [6.45, 7) is 0. The van der Waals surface area contributed by atoms with Crippen molar-refractivity contribution in [1.29, 1.82) is 0 Å². The predicted molar refractivity (Wildman–Crippen MR) is 24.1 cm³/mol. The third-order valence-corrected chi connectivity index (χ3v) is 1.32. The second kappa shape index (κ2) is 0.541. The molecule has 0 aromatic heterocycles. The van der Waals surface area contributed by atoms with E-state index in [2.05, 4.69) is 0 Å². The van der Waals surface area contributed by atoms with Gasteiger partial charge in [-0.2, -0.15) is 0 Å². The smallest absolute Gasteiger partial charge is 0.0706 e. The number of nitrogens with two attached hydrogens (primary N) is 2. The van der Waals surface area contributed by atoms with Gasteiger partial charge in [0.15, 0.2) is 0 Å². The molecule has 0 aromatic carbocycles. The van der Waals surface area contributed by atoms with Gasteiger partial charge in [0.2, 0.25) is 0 Å². The summed E-state index contributed by atoms with van der Waals surface area (Å²) < 4.78 is 0. The molecule has 1 heterocycles. The second-order valence-corrected chi connectivity index (χ2v) is 2.28. The largest absolute Gasteiger partial charge is 0.396 e. The molecule has 0 aliphatic carbocycles. The van der Waals surface area contributed by atoms with Crippen molar-refractivity contribution in [3.05, 3.63) is 0 Å². The molecule has 0 fully saturated rings. The van der Waals surface area contributed by atoms with Crippen LogP contribution in [0.2, 0.25) is 0 Å². The molecule has 4 N–H and O–H groups in total. The molecule has 3 heteroatoms. The van der Waals surface area contributed by atoms with Crippen LogP contribution in [-0.4, -0.2) is 19.3 Å². The molecule has 1 aliphatic rings. The van der Waals surface area contributed by atoms with Crippen molar-refractivity contribution in [3.8, 4) is 0 Å². The minimum Gasteiger partial charge on any atom is -0.396 e. The maximum atomic E-state index is 5.13. The van der Waals surface area contributed by atoms with Gasteiger partial charge in [-0.05, 0) is 0 Å². The molecule has 0 amide bonds. The Morgan fingerprint density at radius 1 is 1.20 bits per heavy atom. The summed E-state index contributed by atoms with van der Waals surface area (Å²) in [7, 11) is 0.670. The lowest BCUT2D eigenvalue weighted by Crippen LogP contribution is -2.16. The average Bonchev–Trinajstić information content (AvgIpc) is 1.79. The highest BCUT2D eigenvalue weighted by Crippen LogP contribution is 1.61. The van der Waals surface area contributed by atoms with Gasteiger partial charge < -0.3 is 11.5 Å². The van der Waals surface area contributed by atoms with Crippen LogP contribution in [0.5, 0.6) is 0 Å². The third-order valence-electron chi connectivity index (χ3n) is 0.497. The van der Waals surface area contributed by atoms with Crippen molar-refractivity contribution in [2.24, 2.45) is 11.5 Å².